The van der Waals surface area contributed by atoms with Crippen molar-refractivity contribution in [1.82, 2.24) is 9.97 Å². The number of alkyl halides is 3. The number of nitrogens with zero attached hydrogens (tertiary/aromatic N) is 2. The minimum Gasteiger partial charge on any atom is -0.324 e. The van der Waals surface area contributed by atoms with Gasteiger partial charge in [-0.25, -0.2) is 4.98 Å². The van der Waals surface area contributed by atoms with E-state index in [-0.39, 0.29) is 12.3 Å². The quantitative estimate of drug-likeness (QED) is 0.486. The van der Waals surface area contributed by atoms with Crippen LogP contribution >= 0.6 is 0 Å². The molecule has 2 heterocycles. The Morgan fingerprint density at radius 3 is 2.57 bits per heavy atom. The average Bonchev–Trinajstić information content (AvgIpc) is 2.74. The van der Waals surface area contributed by atoms with Gasteiger partial charge in [0.05, 0.1) is 35.1 Å². The normalized spacial score (nSPS) is 11.4. The van der Waals surface area contributed by atoms with Crippen LogP contribution in [-0.4, -0.2) is 15.9 Å². The third-order valence-electron chi connectivity index (χ3n) is 4.59. The van der Waals surface area contributed by atoms with Crippen LogP contribution in [0.3, 0.4) is 0 Å². The summed E-state index contributed by atoms with van der Waals surface area (Å²) in [5.41, 5.74) is 1.89. The first-order valence-electron chi connectivity index (χ1n) is 9.16. The lowest BCUT2D eigenvalue weighted by Gasteiger charge is -2.11. The highest BCUT2D eigenvalue weighted by Gasteiger charge is 2.30. The SMILES string of the molecule is O=C(Cc1cccc2ccc(-c3cccc(C(F)(F)F)c3)nc12)Nc1cccnc1. The van der Waals surface area contributed by atoms with Gasteiger partial charge in [-0.05, 0) is 35.9 Å². The molecule has 0 aliphatic carbocycles. The summed E-state index contributed by atoms with van der Waals surface area (Å²) in [5, 5.41) is 3.57. The number of hydrogen-bond acceptors (Lipinski definition) is 3. The predicted octanol–water partition coefficient (Wildman–Crippen LogP) is 5.50. The van der Waals surface area contributed by atoms with E-state index in [1.54, 1.807) is 48.8 Å². The third-order valence-corrected chi connectivity index (χ3v) is 4.59. The maximum atomic E-state index is 13.1. The number of carbonyl (C=O) groups excluding carboxylic acids is 1. The lowest BCUT2D eigenvalue weighted by molar-refractivity contribution is -0.137. The molecule has 7 heteroatoms. The fourth-order valence-electron chi connectivity index (χ4n) is 3.18. The van der Waals surface area contributed by atoms with E-state index in [1.807, 2.05) is 12.1 Å². The number of benzene rings is 2. The number of anilines is 1. The number of pyridine rings is 2. The highest BCUT2D eigenvalue weighted by Crippen LogP contribution is 2.32. The van der Waals surface area contributed by atoms with Gasteiger partial charge >= 0.3 is 6.18 Å². The predicted molar refractivity (Wildman–Crippen MR) is 109 cm³/mol. The van der Waals surface area contributed by atoms with Gasteiger partial charge in [-0.15, -0.1) is 0 Å². The molecule has 30 heavy (non-hydrogen) atoms. The summed E-state index contributed by atoms with van der Waals surface area (Å²) in [6.45, 7) is 0. The number of para-hydroxylation sites is 1. The van der Waals surface area contributed by atoms with Crippen molar-refractivity contribution in [3.8, 4) is 11.3 Å². The van der Waals surface area contributed by atoms with Crippen molar-refractivity contribution >= 4 is 22.5 Å². The van der Waals surface area contributed by atoms with Gasteiger partial charge in [0.15, 0.2) is 0 Å². The van der Waals surface area contributed by atoms with Crippen molar-refractivity contribution in [2.24, 2.45) is 0 Å². The Hall–Kier alpha value is -3.74. The van der Waals surface area contributed by atoms with Crippen LogP contribution < -0.4 is 5.32 Å². The molecular weight excluding hydrogens is 391 g/mol. The Morgan fingerprint density at radius 2 is 1.80 bits per heavy atom. The van der Waals surface area contributed by atoms with Crippen LogP contribution in [0, 0.1) is 0 Å². The molecule has 0 radical (unpaired) electrons. The number of aromatic nitrogens is 2. The zero-order valence-corrected chi connectivity index (χ0v) is 15.6. The molecule has 0 saturated carbocycles. The Balaban J connectivity index is 1.67. The lowest BCUT2D eigenvalue weighted by Crippen LogP contribution is -2.14. The van der Waals surface area contributed by atoms with E-state index in [0.29, 0.717) is 28.0 Å². The van der Waals surface area contributed by atoms with Gasteiger partial charge in [-0.3, -0.25) is 9.78 Å². The molecular formula is C23H16F3N3O. The molecule has 150 valence electrons. The first kappa shape index (κ1) is 19.6. The molecule has 2 aromatic heterocycles. The van der Waals surface area contributed by atoms with Crippen LogP contribution in [0.2, 0.25) is 0 Å². The number of nitrogens with one attached hydrogen (secondary N) is 1. The molecule has 0 spiro atoms. The van der Waals surface area contributed by atoms with Crippen molar-refractivity contribution in [3.05, 3.63) is 90.3 Å². The van der Waals surface area contributed by atoms with E-state index in [4.69, 9.17) is 0 Å². The number of halogens is 3. The van der Waals surface area contributed by atoms with Crippen molar-refractivity contribution in [2.75, 3.05) is 5.32 Å². The van der Waals surface area contributed by atoms with Crippen LogP contribution in [0.5, 0.6) is 0 Å². The molecule has 4 nitrogen and oxygen atoms in total. The molecule has 1 amide bonds. The van der Waals surface area contributed by atoms with E-state index in [0.717, 1.165) is 17.5 Å². The molecule has 0 aliphatic rings. The molecule has 4 aromatic rings. The topological polar surface area (TPSA) is 54.9 Å². The first-order valence-corrected chi connectivity index (χ1v) is 9.16. The Labute approximate surface area is 170 Å². The highest BCUT2D eigenvalue weighted by atomic mass is 19.4. The smallest absolute Gasteiger partial charge is 0.324 e. The summed E-state index contributed by atoms with van der Waals surface area (Å²) in [6.07, 6.45) is -1.20. The van der Waals surface area contributed by atoms with Crippen molar-refractivity contribution in [2.45, 2.75) is 12.6 Å². The number of fused-ring (bicyclic) bond motifs is 1. The monoisotopic (exact) mass is 407 g/mol. The van der Waals surface area contributed by atoms with Crippen LogP contribution in [0.1, 0.15) is 11.1 Å². The number of amides is 1. The number of hydrogen-bond donors (Lipinski definition) is 1. The highest BCUT2D eigenvalue weighted by molar-refractivity contribution is 5.95. The first-order chi connectivity index (χ1) is 14.4. The standard InChI is InChI=1S/C23H16F3N3O/c24-23(25,26)18-7-2-5-16(12-18)20-10-9-15-4-1-6-17(22(15)29-20)13-21(30)28-19-8-3-11-27-14-19/h1-12,14H,13H2,(H,28,30). The lowest BCUT2D eigenvalue weighted by atomic mass is 10.0. The van der Waals surface area contributed by atoms with Crippen LogP contribution in [0.4, 0.5) is 18.9 Å². The Kier molecular flexibility index (Phi) is 5.18. The summed E-state index contributed by atoms with van der Waals surface area (Å²) in [6, 6.07) is 17.4. The minimum absolute atomic E-state index is 0.0747. The fraction of sp³-hybridized carbons (Fsp3) is 0.0870. The van der Waals surface area contributed by atoms with Gasteiger partial charge in [0.2, 0.25) is 5.91 Å². The van der Waals surface area contributed by atoms with E-state index < -0.39 is 11.7 Å². The Morgan fingerprint density at radius 1 is 0.967 bits per heavy atom. The van der Waals surface area contributed by atoms with Gasteiger partial charge in [-0.1, -0.05) is 36.4 Å². The second-order valence-electron chi connectivity index (χ2n) is 6.73. The third kappa shape index (κ3) is 4.30. The molecule has 0 saturated heterocycles. The van der Waals surface area contributed by atoms with Gasteiger partial charge in [0.1, 0.15) is 0 Å². The van der Waals surface area contributed by atoms with Crippen molar-refractivity contribution < 1.29 is 18.0 Å². The van der Waals surface area contributed by atoms with Crippen LogP contribution in [-0.2, 0) is 17.4 Å². The molecule has 0 bridgehead atoms. The van der Waals surface area contributed by atoms with Gasteiger partial charge in [0, 0.05) is 17.1 Å². The minimum atomic E-state index is -4.43. The summed E-state index contributed by atoms with van der Waals surface area (Å²) in [7, 11) is 0. The fourth-order valence-corrected chi connectivity index (χ4v) is 3.18. The van der Waals surface area contributed by atoms with Crippen molar-refractivity contribution in [1.29, 1.82) is 0 Å². The molecule has 0 unspecified atom stereocenters. The second-order valence-corrected chi connectivity index (χ2v) is 6.73. The maximum Gasteiger partial charge on any atom is 0.416 e. The van der Waals surface area contributed by atoms with Gasteiger partial charge in [0.25, 0.3) is 0 Å². The average molecular weight is 407 g/mol. The summed E-state index contributed by atoms with van der Waals surface area (Å²) in [4.78, 5) is 21.0. The molecule has 2 aromatic carbocycles. The zero-order valence-electron chi connectivity index (χ0n) is 15.6. The summed E-state index contributed by atoms with van der Waals surface area (Å²) >= 11 is 0. The molecule has 0 aliphatic heterocycles. The van der Waals surface area contributed by atoms with E-state index in [2.05, 4.69) is 15.3 Å². The molecule has 0 atom stereocenters. The maximum absolute atomic E-state index is 13.1. The second kappa shape index (κ2) is 7.94. The van der Waals surface area contributed by atoms with E-state index >= 15 is 0 Å². The van der Waals surface area contributed by atoms with Crippen LogP contribution in [0.15, 0.2) is 79.1 Å². The molecule has 0 fully saturated rings. The van der Waals surface area contributed by atoms with Gasteiger partial charge in [-0.2, -0.15) is 13.2 Å². The Bertz CT molecular complexity index is 1210. The summed E-state index contributed by atoms with van der Waals surface area (Å²) in [5.74, 6) is -0.234. The number of rotatable bonds is 4. The largest absolute Gasteiger partial charge is 0.416 e. The molecule has 1 N–H and O–H groups in total. The summed E-state index contributed by atoms with van der Waals surface area (Å²) < 4.78 is 39.2. The number of carbonyl (C=O) groups is 1. The van der Waals surface area contributed by atoms with E-state index in [1.165, 1.54) is 6.07 Å². The molecule has 4 rings (SSSR count). The zero-order chi connectivity index (χ0) is 21.1. The van der Waals surface area contributed by atoms with Crippen molar-refractivity contribution in [3.63, 3.8) is 0 Å². The van der Waals surface area contributed by atoms with E-state index in [9.17, 15) is 18.0 Å². The van der Waals surface area contributed by atoms with Crippen LogP contribution in [0.25, 0.3) is 22.2 Å². The van der Waals surface area contributed by atoms with Gasteiger partial charge < -0.3 is 5.32 Å².